The zero-order valence-corrected chi connectivity index (χ0v) is 12.0. The highest BCUT2D eigenvalue weighted by atomic mass is 35.5. The number of nitrogens with zero attached hydrogens (tertiary/aromatic N) is 1. The predicted octanol–water partition coefficient (Wildman–Crippen LogP) is 2.24. The molecule has 0 spiro atoms. The van der Waals surface area contributed by atoms with Crippen molar-refractivity contribution in [1.29, 1.82) is 0 Å². The number of amides is 1. The Labute approximate surface area is 122 Å². The predicted molar refractivity (Wildman–Crippen MR) is 75.4 cm³/mol. The lowest BCUT2D eigenvalue weighted by Gasteiger charge is -2.33. The second kappa shape index (κ2) is 6.57. The summed E-state index contributed by atoms with van der Waals surface area (Å²) in [6.07, 6.45) is 0.207. The number of carbonyl (C=O) groups excluding carboxylic acids is 1. The van der Waals surface area contributed by atoms with E-state index in [1.165, 1.54) is 0 Å². The maximum Gasteiger partial charge on any atom is 0.224 e. The molecule has 1 fully saturated rings. The second-order valence-electron chi connectivity index (χ2n) is 4.41. The molecule has 0 aromatic heterocycles. The molecule has 1 aliphatic heterocycles. The van der Waals surface area contributed by atoms with Gasteiger partial charge in [0.05, 0.1) is 23.2 Å². The Morgan fingerprint density at radius 1 is 1.42 bits per heavy atom. The van der Waals surface area contributed by atoms with E-state index < -0.39 is 0 Å². The van der Waals surface area contributed by atoms with E-state index in [1.54, 1.807) is 17.0 Å². The van der Waals surface area contributed by atoms with Crippen molar-refractivity contribution in [3.63, 3.8) is 0 Å². The molecule has 0 unspecified atom stereocenters. The van der Waals surface area contributed by atoms with Gasteiger partial charge in [-0.15, -0.1) is 0 Å². The summed E-state index contributed by atoms with van der Waals surface area (Å²) >= 11 is 11.9. The van der Waals surface area contributed by atoms with Crippen LogP contribution in [-0.2, 0) is 9.53 Å². The van der Waals surface area contributed by atoms with Gasteiger partial charge in [0.1, 0.15) is 6.10 Å². The van der Waals surface area contributed by atoms with Crippen LogP contribution < -0.4 is 5.73 Å². The van der Waals surface area contributed by atoms with Crippen molar-refractivity contribution in [3.05, 3.63) is 33.8 Å². The third kappa shape index (κ3) is 3.60. The van der Waals surface area contributed by atoms with E-state index in [9.17, 15) is 4.79 Å². The molecule has 6 heteroatoms. The van der Waals surface area contributed by atoms with Gasteiger partial charge in [0.2, 0.25) is 5.91 Å². The highest BCUT2D eigenvalue weighted by molar-refractivity contribution is 6.42. The lowest BCUT2D eigenvalue weighted by molar-refractivity contribution is -0.138. The number of carbonyl (C=O) groups is 1. The molecule has 0 radical (unpaired) electrons. The van der Waals surface area contributed by atoms with Crippen LogP contribution in [0.4, 0.5) is 0 Å². The average Bonchev–Trinajstić information content (AvgIpc) is 2.42. The Kier molecular flexibility index (Phi) is 5.05. The summed E-state index contributed by atoms with van der Waals surface area (Å²) in [5.41, 5.74) is 6.34. The van der Waals surface area contributed by atoms with Gasteiger partial charge < -0.3 is 15.4 Å². The van der Waals surface area contributed by atoms with Gasteiger partial charge in [-0.05, 0) is 17.7 Å². The van der Waals surface area contributed by atoms with Crippen LogP contribution in [0.3, 0.4) is 0 Å². The maximum atomic E-state index is 11.8. The number of nitrogens with two attached hydrogens (primary N) is 1. The molecule has 2 N–H and O–H groups in total. The zero-order chi connectivity index (χ0) is 13.8. The van der Waals surface area contributed by atoms with Gasteiger partial charge in [-0.3, -0.25) is 4.79 Å². The van der Waals surface area contributed by atoms with Gasteiger partial charge in [0.15, 0.2) is 0 Å². The molecule has 1 atom stereocenters. The van der Waals surface area contributed by atoms with Crippen molar-refractivity contribution in [2.45, 2.75) is 12.5 Å². The zero-order valence-electron chi connectivity index (χ0n) is 10.4. The van der Waals surface area contributed by atoms with Crippen molar-refractivity contribution >= 4 is 29.1 Å². The number of benzene rings is 1. The fourth-order valence-electron chi connectivity index (χ4n) is 2.07. The Morgan fingerprint density at radius 2 is 2.21 bits per heavy atom. The lowest BCUT2D eigenvalue weighted by atomic mass is 10.1. The first-order valence-corrected chi connectivity index (χ1v) is 6.92. The summed E-state index contributed by atoms with van der Waals surface area (Å²) in [5, 5.41) is 1.01. The summed E-state index contributed by atoms with van der Waals surface area (Å²) in [7, 11) is 0. The SMILES string of the molecule is NCCC(=O)N1CCO[C@H](c2ccc(Cl)c(Cl)c2)C1. The van der Waals surface area contributed by atoms with Gasteiger partial charge >= 0.3 is 0 Å². The Hall–Kier alpha value is -0.810. The van der Waals surface area contributed by atoms with E-state index in [-0.39, 0.29) is 12.0 Å². The van der Waals surface area contributed by atoms with Crippen LogP contribution in [0.1, 0.15) is 18.1 Å². The van der Waals surface area contributed by atoms with Gasteiger partial charge in [-0.2, -0.15) is 0 Å². The number of hydrogen-bond acceptors (Lipinski definition) is 3. The number of morpholine rings is 1. The highest BCUT2D eigenvalue weighted by Gasteiger charge is 2.25. The van der Waals surface area contributed by atoms with Crippen molar-refractivity contribution < 1.29 is 9.53 Å². The molecule has 1 amide bonds. The van der Waals surface area contributed by atoms with Crippen molar-refractivity contribution in [1.82, 2.24) is 4.90 Å². The van der Waals surface area contributed by atoms with E-state index in [2.05, 4.69) is 0 Å². The third-order valence-corrected chi connectivity index (χ3v) is 3.83. The first-order valence-electron chi connectivity index (χ1n) is 6.16. The molecule has 1 aliphatic rings. The van der Waals surface area contributed by atoms with E-state index in [4.69, 9.17) is 33.7 Å². The van der Waals surface area contributed by atoms with E-state index >= 15 is 0 Å². The molecule has 19 heavy (non-hydrogen) atoms. The number of hydrogen-bond donors (Lipinski definition) is 1. The molecular weight excluding hydrogens is 287 g/mol. The fraction of sp³-hybridized carbons (Fsp3) is 0.462. The highest BCUT2D eigenvalue weighted by Crippen LogP contribution is 2.29. The van der Waals surface area contributed by atoms with Crippen LogP contribution in [0.2, 0.25) is 10.0 Å². The van der Waals surface area contributed by atoms with Gasteiger partial charge in [-0.1, -0.05) is 29.3 Å². The Balaban J connectivity index is 2.08. The number of rotatable bonds is 3. The summed E-state index contributed by atoms with van der Waals surface area (Å²) < 4.78 is 5.69. The minimum Gasteiger partial charge on any atom is -0.370 e. The van der Waals surface area contributed by atoms with E-state index in [0.29, 0.717) is 42.7 Å². The maximum absolute atomic E-state index is 11.8. The molecule has 4 nitrogen and oxygen atoms in total. The molecule has 104 valence electrons. The topological polar surface area (TPSA) is 55.6 Å². The molecule has 1 aromatic rings. The average molecular weight is 303 g/mol. The van der Waals surface area contributed by atoms with Crippen molar-refractivity contribution in [3.8, 4) is 0 Å². The summed E-state index contributed by atoms with van der Waals surface area (Å²) in [4.78, 5) is 13.6. The third-order valence-electron chi connectivity index (χ3n) is 3.09. The van der Waals surface area contributed by atoms with Gasteiger partial charge in [0, 0.05) is 19.5 Å². The number of halogens is 2. The fourth-order valence-corrected chi connectivity index (χ4v) is 2.38. The summed E-state index contributed by atoms with van der Waals surface area (Å²) in [6.45, 7) is 2.02. The molecule has 0 saturated carbocycles. The molecule has 1 heterocycles. The summed E-state index contributed by atoms with van der Waals surface area (Å²) in [5.74, 6) is 0.0656. The van der Waals surface area contributed by atoms with Crippen LogP contribution in [-0.4, -0.2) is 37.0 Å². The minimum atomic E-state index is -0.162. The molecule has 2 rings (SSSR count). The quantitative estimate of drug-likeness (QED) is 0.931. The minimum absolute atomic E-state index is 0.0656. The molecule has 1 aromatic carbocycles. The molecular formula is C13H16Cl2N2O2. The van der Waals surface area contributed by atoms with E-state index in [1.807, 2.05) is 6.07 Å². The van der Waals surface area contributed by atoms with Gasteiger partial charge in [0.25, 0.3) is 0 Å². The smallest absolute Gasteiger partial charge is 0.224 e. The summed E-state index contributed by atoms with van der Waals surface area (Å²) in [6, 6.07) is 5.39. The van der Waals surface area contributed by atoms with Crippen LogP contribution in [0, 0.1) is 0 Å². The first kappa shape index (κ1) is 14.6. The molecule has 0 aliphatic carbocycles. The van der Waals surface area contributed by atoms with Crippen molar-refractivity contribution in [2.75, 3.05) is 26.2 Å². The largest absolute Gasteiger partial charge is 0.370 e. The second-order valence-corrected chi connectivity index (χ2v) is 5.23. The molecule has 0 bridgehead atoms. The van der Waals surface area contributed by atoms with Crippen LogP contribution in [0.5, 0.6) is 0 Å². The van der Waals surface area contributed by atoms with Crippen molar-refractivity contribution in [2.24, 2.45) is 5.73 Å². The van der Waals surface area contributed by atoms with Crippen LogP contribution in [0.15, 0.2) is 18.2 Å². The normalized spacial score (nSPS) is 19.5. The number of ether oxygens (including phenoxy) is 1. The lowest BCUT2D eigenvalue weighted by Crippen LogP contribution is -2.42. The molecule has 1 saturated heterocycles. The Morgan fingerprint density at radius 3 is 2.89 bits per heavy atom. The first-order chi connectivity index (χ1) is 9.11. The Bertz CT molecular complexity index is 468. The van der Waals surface area contributed by atoms with E-state index in [0.717, 1.165) is 5.56 Å². The van der Waals surface area contributed by atoms with Gasteiger partial charge in [-0.25, -0.2) is 0 Å². The van der Waals surface area contributed by atoms with Crippen LogP contribution in [0.25, 0.3) is 0 Å². The monoisotopic (exact) mass is 302 g/mol. The van der Waals surface area contributed by atoms with Crippen LogP contribution >= 0.6 is 23.2 Å². The standard InChI is InChI=1S/C13H16Cl2N2O2/c14-10-2-1-9(7-11(10)15)12-8-17(5-6-19-12)13(18)3-4-16/h1-2,7,12H,3-6,8,16H2/t12-/m0/s1.